The molecule has 0 spiro atoms. The highest BCUT2D eigenvalue weighted by Gasteiger charge is 2.25. The summed E-state index contributed by atoms with van der Waals surface area (Å²) in [6.07, 6.45) is 3.25. The van der Waals surface area contributed by atoms with E-state index in [4.69, 9.17) is 4.74 Å². The van der Waals surface area contributed by atoms with E-state index in [1.807, 2.05) is 13.8 Å². The largest absolute Gasteiger partial charge is 0.381 e. The first-order valence-corrected chi connectivity index (χ1v) is 8.13. The number of nitrogens with zero attached hydrogens (tertiary/aromatic N) is 1. The molecule has 1 heterocycles. The van der Waals surface area contributed by atoms with Gasteiger partial charge in [-0.1, -0.05) is 0 Å². The van der Waals surface area contributed by atoms with E-state index in [9.17, 15) is 19.2 Å². The lowest BCUT2D eigenvalue weighted by molar-refractivity contribution is -0.137. The summed E-state index contributed by atoms with van der Waals surface area (Å²) in [6, 6.07) is 0. The van der Waals surface area contributed by atoms with Gasteiger partial charge in [-0.05, 0) is 20.3 Å². The van der Waals surface area contributed by atoms with Crippen molar-refractivity contribution in [3.8, 4) is 0 Å². The number of hydrazine groups is 1. The maximum absolute atomic E-state index is 12.0. The second-order valence-corrected chi connectivity index (χ2v) is 6.25. The molecule has 0 bridgehead atoms. The van der Waals surface area contributed by atoms with Crippen LogP contribution < -0.4 is 16.2 Å². The van der Waals surface area contributed by atoms with Crippen LogP contribution in [0, 0.1) is 0 Å². The van der Waals surface area contributed by atoms with E-state index < -0.39 is 17.4 Å². The van der Waals surface area contributed by atoms with Gasteiger partial charge in [0.05, 0.1) is 13.0 Å². The molecule has 9 nitrogen and oxygen atoms in total. The molecule has 0 saturated carbocycles. The van der Waals surface area contributed by atoms with Crippen LogP contribution in [0.5, 0.6) is 0 Å². The first-order chi connectivity index (χ1) is 11.7. The average Bonchev–Trinajstić information content (AvgIpc) is 2.83. The van der Waals surface area contributed by atoms with E-state index >= 15 is 0 Å². The summed E-state index contributed by atoms with van der Waals surface area (Å²) in [5.74, 6) is -1.19. The molecule has 25 heavy (non-hydrogen) atoms. The van der Waals surface area contributed by atoms with E-state index in [0.29, 0.717) is 19.6 Å². The Bertz CT molecular complexity index is 527. The molecular weight excluding hydrogens is 328 g/mol. The Labute approximate surface area is 147 Å². The van der Waals surface area contributed by atoms with Gasteiger partial charge >= 0.3 is 0 Å². The van der Waals surface area contributed by atoms with E-state index in [1.54, 1.807) is 7.05 Å². The van der Waals surface area contributed by atoms with Crippen LogP contribution >= 0.6 is 0 Å². The maximum Gasteiger partial charge on any atom is 0.253 e. The molecule has 0 fully saturated rings. The van der Waals surface area contributed by atoms with Crippen LogP contribution in [0.1, 0.15) is 33.1 Å². The van der Waals surface area contributed by atoms with Crippen LogP contribution in [0.4, 0.5) is 0 Å². The van der Waals surface area contributed by atoms with Crippen molar-refractivity contribution in [2.24, 2.45) is 0 Å². The van der Waals surface area contributed by atoms with Gasteiger partial charge in [0.2, 0.25) is 11.8 Å². The lowest BCUT2D eigenvalue weighted by Gasteiger charge is -2.26. The molecule has 3 N–H and O–H groups in total. The predicted molar refractivity (Wildman–Crippen MR) is 90.0 cm³/mol. The Morgan fingerprint density at radius 3 is 2.32 bits per heavy atom. The Balaban J connectivity index is 2.20. The minimum Gasteiger partial charge on any atom is -0.381 e. The molecule has 1 rings (SSSR count). The molecule has 0 saturated heterocycles. The van der Waals surface area contributed by atoms with Crippen LogP contribution in [0.15, 0.2) is 12.2 Å². The highest BCUT2D eigenvalue weighted by molar-refractivity contribution is 6.13. The van der Waals surface area contributed by atoms with Gasteiger partial charge in [0.25, 0.3) is 11.8 Å². The summed E-state index contributed by atoms with van der Waals surface area (Å²) in [6.45, 7) is 4.46. The highest BCUT2D eigenvalue weighted by atomic mass is 16.5. The number of carbonyl (C=O) groups excluding carboxylic acids is 4. The van der Waals surface area contributed by atoms with E-state index in [0.717, 1.165) is 4.90 Å². The third-order valence-electron chi connectivity index (χ3n) is 3.55. The SMILES string of the molecule is CNNC(=O)CCOCCC(C)(C)NC(=O)CCN1C(=O)C=CC1=O. The van der Waals surface area contributed by atoms with Crippen molar-refractivity contribution >= 4 is 23.6 Å². The molecule has 0 radical (unpaired) electrons. The number of hydrogen-bond acceptors (Lipinski definition) is 6. The van der Waals surface area contributed by atoms with Crippen LogP contribution in [0.2, 0.25) is 0 Å². The quantitative estimate of drug-likeness (QED) is 0.255. The first kappa shape index (κ1) is 20.8. The van der Waals surface area contributed by atoms with Crippen LogP contribution in [-0.4, -0.2) is 60.9 Å². The van der Waals surface area contributed by atoms with Crippen molar-refractivity contribution < 1.29 is 23.9 Å². The smallest absolute Gasteiger partial charge is 0.253 e. The molecule has 0 aromatic heterocycles. The lowest BCUT2D eigenvalue weighted by Crippen LogP contribution is -2.45. The van der Waals surface area contributed by atoms with E-state index in [1.165, 1.54) is 12.2 Å². The fraction of sp³-hybridized carbons (Fsp3) is 0.625. The van der Waals surface area contributed by atoms with Crippen molar-refractivity contribution in [3.05, 3.63) is 12.2 Å². The van der Waals surface area contributed by atoms with E-state index in [2.05, 4.69) is 16.2 Å². The van der Waals surface area contributed by atoms with Gasteiger partial charge in [-0.3, -0.25) is 29.5 Å². The Kier molecular flexibility index (Phi) is 8.23. The number of hydrogen-bond donors (Lipinski definition) is 3. The zero-order chi connectivity index (χ0) is 18.9. The van der Waals surface area contributed by atoms with Gasteiger partial charge in [0, 0.05) is 44.3 Å². The third-order valence-corrected chi connectivity index (χ3v) is 3.55. The molecule has 1 aliphatic rings. The van der Waals surface area contributed by atoms with Crippen molar-refractivity contribution in [2.45, 2.75) is 38.6 Å². The van der Waals surface area contributed by atoms with Gasteiger partial charge in [-0.2, -0.15) is 0 Å². The molecule has 9 heteroatoms. The fourth-order valence-electron chi connectivity index (χ4n) is 2.16. The van der Waals surface area contributed by atoms with Crippen molar-refractivity contribution in [2.75, 3.05) is 26.8 Å². The molecule has 0 unspecified atom stereocenters. The Hall–Kier alpha value is -2.26. The zero-order valence-corrected chi connectivity index (χ0v) is 14.9. The third kappa shape index (κ3) is 7.90. The van der Waals surface area contributed by atoms with Crippen molar-refractivity contribution in [1.82, 2.24) is 21.1 Å². The summed E-state index contributed by atoms with van der Waals surface area (Å²) in [5, 5.41) is 2.85. The van der Waals surface area contributed by atoms with Gasteiger partial charge in [0.1, 0.15) is 0 Å². The summed E-state index contributed by atoms with van der Waals surface area (Å²) < 4.78 is 5.39. The monoisotopic (exact) mass is 354 g/mol. The van der Waals surface area contributed by atoms with Gasteiger partial charge < -0.3 is 10.1 Å². The van der Waals surface area contributed by atoms with Crippen molar-refractivity contribution in [3.63, 3.8) is 0 Å². The molecule has 0 aliphatic carbocycles. The average molecular weight is 354 g/mol. The number of nitrogens with one attached hydrogen (secondary N) is 3. The van der Waals surface area contributed by atoms with Gasteiger partial charge in [0.15, 0.2) is 0 Å². The molecule has 140 valence electrons. The van der Waals surface area contributed by atoms with Crippen molar-refractivity contribution in [1.29, 1.82) is 0 Å². The van der Waals surface area contributed by atoms with Gasteiger partial charge in [-0.25, -0.2) is 5.43 Å². The molecule has 0 aromatic rings. The summed E-state index contributed by atoms with van der Waals surface area (Å²) in [7, 11) is 1.61. The Morgan fingerprint density at radius 2 is 1.72 bits per heavy atom. The molecule has 4 amide bonds. The van der Waals surface area contributed by atoms with Crippen LogP contribution in [0.3, 0.4) is 0 Å². The Morgan fingerprint density at radius 1 is 1.08 bits per heavy atom. The molecule has 1 aliphatic heterocycles. The van der Waals surface area contributed by atoms with E-state index in [-0.39, 0.29) is 31.2 Å². The normalized spacial score (nSPS) is 14.1. The molecule has 0 aromatic carbocycles. The van der Waals surface area contributed by atoms with Gasteiger partial charge in [-0.15, -0.1) is 0 Å². The predicted octanol–water partition coefficient (Wildman–Crippen LogP) is -0.756. The standard InChI is InChI=1S/C16H26N4O5/c1-16(2,8-11-25-10-7-13(22)19-17-3)18-12(21)6-9-20-14(23)4-5-15(20)24/h4-5,17H,6-11H2,1-3H3,(H,18,21)(H,19,22). The summed E-state index contributed by atoms with van der Waals surface area (Å²) in [4.78, 5) is 47.1. The number of imide groups is 1. The number of amides is 4. The van der Waals surface area contributed by atoms with Crippen LogP contribution in [0.25, 0.3) is 0 Å². The minimum absolute atomic E-state index is 0.0492. The fourth-order valence-corrected chi connectivity index (χ4v) is 2.16. The number of ether oxygens (including phenoxy) is 1. The first-order valence-electron chi connectivity index (χ1n) is 8.13. The second-order valence-electron chi connectivity index (χ2n) is 6.25. The zero-order valence-electron chi connectivity index (χ0n) is 14.9. The molecular formula is C16H26N4O5. The minimum atomic E-state index is -0.498. The maximum atomic E-state index is 12.0. The number of rotatable bonds is 11. The summed E-state index contributed by atoms with van der Waals surface area (Å²) >= 11 is 0. The number of carbonyl (C=O) groups is 4. The van der Waals surface area contributed by atoms with Crippen LogP contribution in [-0.2, 0) is 23.9 Å². The second kappa shape index (κ2) is 9.90. The highest BCUT2D eigenvalue weighted by Crippen LogP contribution is 2.10. The topological polar surface area (TPSA) is 117 Å². The molecule has 0 atom stereocenters. The lowest BCUT2D eigenvalue weighted by atomic mass is 10.0. The summed E-state index contributed by atoms with van der Waals surface area (Å²) in [5.41, 5.74) is 4.48.